The molecule has 0 radical (unpaired) electrons. The molecule has 0 amide bonds. The maximum atomic E-state index is 13.5. The lowest BCUT2D eigenvalue weighted by molar-refractivity contribution is 0.298. The monoisotopic (exact) mass is 401 g/mol. The first-order chi connectivity index (χ1) is 14.7. The summed E-state index contributed by atoms with van der Waals surface area (Å²) in [6.07, 6.45) is 3.51. The largest absolute Gasteiger partial charge is 0.497 e. The molecule has 8 heteroatoms. The van der Waals surface area contributed by atoms with E-state index in [0.717, 1.165) is 22.2 Å². The molecule has 0 aliphatic heterocycles. The van der Waals surface area contributed by atoms with Crippen molar-refractivity contribution in [3.05, 3.63) is 78.8 Å². The molecule has 0 atom stereocenters. The van der Waals surface area contributed by atoms with Gasteiger partial charge in [-0.05, 0) is 42.5 Å². The molecule has 4 heterocycles. The van der Waals surface area contributed by atoms with Crippen LogP contribution < -0.4 is 9.47 Å². The van der Waals surface area contributed by atoms with Crippen LogP contribution in [0.25, 0.3) is 27.8 Å². The Morgan fingerprint density at radius 3 is 2.83 bits per heavy atom. The first-order valence-corrected chi connectivity index (χ1v) is 9.23. The van der Waals surface area contributed by atoms with E-state index >= 15 is 0 Å². The Kier molecular flexibility index (Phi) is 4.44. The highest BCUT2D eigenvalue weighted by atomic mass is 19.1. The van der Waals surface area contributed by atoms with E-state index in [9.17, 15) is 4.39 Å². The molecule has 30 heavy (non-hydrogen) atoms. The van der Waals surface area contributed by atoms with Crippen LogP contribution in [0.5, 0.6) is 11.5 Å². The molecule has 0 saturated carbocycles. The highest BCUT2D eigenvalue weighted by Crippen LogP contribution is 2.28. The molecule has 5 rings (SSSR count). The van der Waals surface area contributed by atoms with E-state index in [1.807, 2.05) is 40.9 Å². The lowest BCUT2D eigenvalue weighted by atomic mass is 10.2. The van der Waals surface area contributed by atoms with Crippen molar-refractivity contribution in [3.63, 3.8) is 0 Å². The van der Waals surface area contributed by atoms with E-state index in [4.69, 9.17) is 9.47 Å². The third-order valence-corrected chi connectivity index (χ3v) is 4.75. The Hall–Kier alpha value is -4.07. The number of halogens is 1. The molecule has 0 aliphatic carbocycles. The second-order valence-electron chi connectivity index (χ2n) is 6.59. The number of aromatic nitrogens is 5. The fourth-order valence-corrected chi connectivity index (χ4v) is 3.25. The van der Waals surface area contributed by atoms with Crippen molar-refractivity contribution in [2.75, 3.05) is 7.11 Å². The van der Waals surface area contributed by atoms with Gasteiger partial charge in [-0.1, -0.05) is 6.07 Å². The van der Waals surface area contributed by atoms with E-state index in [0.29, 0.717) is 22.9 Å². The van der Waals surface area contributed by atoms with Gasteiger partial charge in [-0.2, -0.15) is 4.39 Å². The number of rotatable bonds is 5. The third kappa shape index (κ3) is 3.28. The highest BCUT2D eigenvalue weighted by Gasteiger charge is 2.11. The fraction of sp³-hybridized carbons (Fsp3) is 0.0909. The highest BCUT2D eigenvalue weighted by molar-refractivity contribution is 5.85. The van der Waals surface area contributed by atoms with Gasteiger partial charge in [0, 0.05) is 29.4 Å². The van der Waals surface area contributed by atoms with Crippen molar-refractivity contribution in [2.45, 2.75) is 6.61 Å². The average molecular weight is 401 g/mol. The maximum Gasteiger partial charge on any atom is 0.213 e. The molecule has 0 N–H and O–H groups in total. The summed E-state index contributed by atoms with van der Waals surface area (Å²) in [4.78, 5) is 8.30. The van der Waals surface area contributed by atoms with Crippen molar-refractivity contribution in [1.82, 2.24) is 24.6 Å². The van der Waals surface area contributed by atoms with Crippen LogP contribution in [-0.2, 0) is 6.61 Å². The van der Waals surface area contributed by atoms with E-state index in [1.165, 1.54) is 6.07 Å². The zero-order valence-electron chi connectivity index (χ0n) is 16.0. The van der Waals surface area contributed by atoms with Crippen molar-refractivity contribution in [3.8, 4) is 22.8 Å². The zero-order chi connectivity index (χ0) is 20.5. The summed E-state index contributed by atoms with van der Waals surface area (Å²) < 4.78 is 26.6. The van der Waals surface area contributed by atoms with Gasteiger partial charge in [-0.15, -0.1) is 10.2 Å². The molecule has 0 saturated heterocycles. The SMILES string of the molecule is COc1ccc2c(OCc3nnc4ccc(-c5cccc(F)n5)cn34)ccnc2c1. The summed E-state index contributed by atoms with van der Waals surface area (Å²) >= 11 is 0. The van der Waals surface area contributed by atoms with Gasteiger partial charge in [0.25, 0.3) is 0 Å². The lowest BCUT2D eigenvalue weighted by Crippen LogP contribution is -2.02. The summed E-state index contributed by atoms with van der Waals surface area (Å²) in [5.74, 6) is 1.50. The Balaban J connectivity index is 1.46. The molecule has 0 bridgehead atoms. The van der Waals surface area contributed by atoms with Crippen LogP contribution in [0.1, 0.15) is 5.82 Å². The molecule has 0 spiro atoms. The molecular weight excluding hydrogens is 385 g/mol. The van der Waals surface area contributed by atoms with Crippen molar-refractivity contribution < 1.29 is 13.9 Å². The molecule has 0 unspecified atom stereocenters. The van der Waals surface area contributed by atoms with Gasteiger partial charge in [0.2, 0.25) is 5.95 Å². The minimum atomic E-state index is -0.527. The zero-order valence-corrected chi connectivity index (χ0v) is 16.0. The number of nitrogens with zero attached hydrogens (tertiary/aromatic N) is 5. The van der Waals surface area contributed by atoms with Crippen LogP contribution >= 0.6 is 0 Å². The normalized spacial score (nSPS) is 11.1. The number of methoxy groups -OCH3 is 1. The third-order valence-electron chi connectivity index (χ3n) is 4.75. The van der Waals surface area contributed by atoms with Gasteiger partial charge >= 0.3 is 0 Å². The van der Waals surface area contributed by atoms with Gasteiger partial charge in [0.15, 0.2) is 11.5 Å². The summed E-state index contributed by atoms with van der Waals surface area (Å²) in [5.41, 5.74) is 2.73. The number of hydrogen-bond donors (Lipinski definition) is 0. The fourth-order valence-electron chi connectivity index (χ4n) is 3.25. The molecule has 0 aliphatic rings. The summed E-state index contributed by atoms with van der Waals surface area (Å²) in [6.45, 7) is 0.201. The predicted octanol–water partition coefficient (Wildman–Crippen LogP) is 4.07. The van der Waals surface area contributed by atoms with E-state index in [1.54, 1.807) is 31.5 Å². The molecular formula is C22H16FN5O2. The van der Waals surface area contributed by atoms with E-state index in [-0.39, 0.29) is 6.61 Å². The summed E-state index contributed by atoms with van der Waals surface area (Å²) in [7, 11) is 1.62. The Labute approximate surface area is 170 Å². The molecule has 148 valence electrons. The molecule has 7 nitrogen and oxygen atoms in total. The first-order valence-electron chi connectivity index (χ1n) is 9.23. The number of pyridine rings is 3. The van der Waals surface area contributed by atoms with Crippen molar-refractivity contribution in [1.29, 1.82) is 0 Å². The molecule has 5 aromatic rings. The van der Waals surface area contributed by atoms with Crippen molar-refractivity contribution >= 4 is 16.6 Å². The molecule has 1 aromatic carbocycles. The van der Waals surface area contributed by atoms with Crippen LogP contribution in [0, 0.1) is 5.95 Å². The Morgan fingerprint density at radius 1 is 1.03 bits per heavy atom. The lowest BCUT2D eigenvalue weighted by Gasteiger charge is -2.09. The van der Waals surface area contributed by atoms with Crippen LogP contribution in [0.15, 0.2) is 67.0 Å². The van der Waals surface area contributed by atoms with Gasteiger partial charge < -0.3 is 9.47 Å². The number of benzene rings is 1. The van der Waals surface area contributed by atoms with E-state index in [2.05, 4.69) is 20.2 Å². The number of fused-ring (bicyclic) bond motifs is 2. The quantitative estimate of drug-likeness (QED) is 0.414. The number of ether oxygens (including phenoxy) is 2. The van der Waals surface area contributed by atoms with Crippen molar-refractivity contribution in [2.24, 2.45) is 0 Å². The second-order valence-corrected chi connectivity index (χ2v) is 6.59. The minimum absolute atomic E-state index is 0.201. The van der Waals surface area contributed by atoms with Gasteiger partial charge in [0.1, 0.15) is 18.1 Å². The summed E-state index contributed by atoms with van der Waals surface area (Å²) in [6, 6.07) is 15.8. The van der Waals surface area contributed by atoms with Crippen LogP contribution in [0.3, 0.4) is 0 Å². The van der Waals surface area contributed by atoms with Crippen LogP contribution in [0.2, 0.25) is 0 Å². The smallest absolute Gasteiger partial charge is 0.213 e. The van der Waals surface area contributed by atoms with E-state index < -0.39 is 5.95 Å². The van der Waals surface area contributed by atoms with Gasteiger partial charge in [0.05, 0.1) is 18.3 Å². The average Bonchev–Trinajstić information content (AvgIpc) is 3.19. The molecule has 0 fully saturated rings. The Bertz CT molecular complexity index is 1370. The van der Waals surface area contributed by atoms with Gasteiger partial charge in [-0.25, -0.2) is 4.98 Å². The minimum Gasteiger partial charge on any atom is -0.497 e. The molecule has 4 aromatic heterocycles. The summed E-state index contributed by atoms with van der Waals surface area (Å²) in [5, 5.41) is 9.28. The topological polar surface area (TPSA) is 74.4 Å². The maximum absolute atomic E-state index is 13.5. The number of hydrogen-bond acceptors (Lipinski definition) is 6. The van der Waals surface area contributed by atoms with Gasteiger partial charge in [-0.3, -0.25) is 9.38 Å². The Morgan fingerprint density at radius 2 is 1.97 bits per heavy atom. The second kappa shape index (κ2) is 7.40. The predicted molar refractivity (Wildman–Crippen MR) is 109 cm³/mol. The van der Waals surface area contributed by atoms with Crippen LogP contribution in [0.4, 0.5) is 4.39 Å². The standard InChI is InChI=1S/C22H16FN5O2/c1-29-15-6-7-16-18(11-15)24-10-9-19(16)30-13-22-27-26-21-8-5-14(12-28(21)22)17-3-2-4-20(23)25-17/h2-12H,13H2,1H3. The first kappa shape index (κ1) is 18.0. The van der Waals surface area contributed by atoms with Crippen LogP contribution in [-0.4, -0.2) is 31.7 Å².